The van der Waals surface area contributed by atoms with Crippen LogP contribution < -0.4 is 10.6 Å². The van der Waals surface area contributed by atoms with Crippen molar-refractivity contribution in [2.45, 2.75) is 57.7 Å². The number of hydrogen-bond donors (Lipinski definition) is 3. The van der Waals surface area contributed by atoms with Gasteiger partial charge in [-0.15, -0.1) is 24.0 Å². The van der Waals surface area contributed by atoms with E-state index in [2.05, 4.69) is 25.7 Å². The van der Waals surface area contributed by atoms with E-state index in [9.17, 15) is 5.11 Å². The average molecular weight is 434 g/mol. The zero-order valence-corrected chi connectivity index (χ0v) is 16.2. The highest BCUT2D eigenvalue weighted by Gasteiger charge is 2.27. The van der Waals surface area contributed by atoms with Crippen LogP contribution in [0, 0.1) is 12.8 Å². The van der Waals surface area contributed by atoms with Crippen LogP contribution in [0.5, 0.6) is 0 Å². The fraction of sp³-hybridized carbons (Fsp3) is 0.800. The second kappa shape index (κ2) is 8.27. The van der Waals surface area contributed by atoms with Crippen LogP contribution in [0.4, 0.5) is 0 Å². The number of rotatable bonds is 3. The number of hydrogen-bond acceptors (Lipinski definition) is 4. The lowest BCUT2D eigenvalue weighted by atomic mass is 10.1. The summed E-state index contributed by atoms with van der Waals surface area (Å²) in [6, 6.07) is 0.148. The van der Waals surface area contributed by atoms with Crippen molar-refractivity contribution in [3.05, 3.63) is 11.6 Å². The third kappa shape index (κ3) is 4.34. The molecule has 7 nitrogen and oxygen atoms in total. The molecule has 130 valence electrons. The maximum atomic E-state index is 9.91. The zero-order valence-electron chi connectivity index (χ0n) is 13.8. The number of nitrogens with one attached hydrogen (secondary N) is 2. The predicted molar refractivity (Wildman–Crippen MR) is 100.0 cm³/mol. The molecule has 0 aromatic carbocycles. The minimum absolute atomic E-state index is 0. The molecule has 1 fully saturated rings. The normalized spacial score (nSPS) is 27.3. The first-order chi connectivity index (χ1) is 10.7. The van der Waals surface area contributed by atoms with Gasteiger partial charge in [-0.25, -0.2) is 9.67 Å². The second-order valence-electron chi connectivity index (χ2n) is 6.29. The van der Waals surface area contributed by atoms with Crippen molar-refractivity contribution in [2.75, 3.05) is 13.6 Å². The molecule has 23 heavy (non-hydrogen) atoms. The van der Waals surface area contributed by atoms with Crippen LogP contribution in [-0.4, -0.2) is 45.5 Å². The van der Waals surface area contributed by atoms with Crippen molar-refractivity contribution in [2.24, 2.45) is 10.9 Å². The van der Waals surface area contributed by atoms with Gasteiger partial charge in [-0.1, -0.05) is 6.42 Å². The number of halogens is 1. The Morgan fingerprint density at radius 3 is 2.87 bits per heavy atom. The first-order valence-corrected chi connectivity index (χ1v) is 8.24. The van der Waals surface area contributed by atoms with Crippen LogP contribution >= 0.6 is 24.0 Å². The summed E-state index contributed by atoms with van der Waals surface area (Å²) in [5.74, 6) is 2.92. The lowest BCUT2D eigenvalue weighted by Gasteiger charge is -2.25. The van der Waals surface area contributed by atoms with E-state index in [4.69, 9.17) is 0 Å². The molecule has 1 aromatic heterocycles. The molecule has 1 aliphatic heterocycles. The predicted octanol–water partition coefficient (Wildman–Crippen LogP) is 1.37. The van der Waals surface area contributed by atoms with E-state index in [0.29, 0.717) is 5.92 Å². The van der Waals surface area contributed by atoms with E-state index in [0.717, 1.165) is 62.8 Å². The third-order valence-electron chi connectivity index (χ3n) is 4.67. The molecule has 3 rings (SSSR count). The highest BCUT2D eigenvalue weighted by molar-refractivity contribution is 14.0. The average Bonchev–Trinajstić information content (AvgIpc) is 3.08. The largest absolute Gasteiger partial charge is 0.393 e. The van der Waals surface area contributed by atoms with Gasteiger partial charge in [0, 0.05) is 26.1 Å². The fourth-order valence-corrected chi connectivity index (χ4v) is 3.45. The van der Waals surface area contributed by atoms with Gasteiger partial charge in [-0.2, -0.15) is 5.10 Å². The summed E-state index contributed by atoms with van der Waals surface area (Å²) in [5.41, 5.74) is 0. The van der Waals surface area contributed by atoms with E-state index in [1.165, 1.54) is 0 Å². The Kier molecular flexibility index (Phi) is 6.63. The maximum absolute atomic E-state index is 9.91. The Morgan fingerprint density at radius 2 is 2.17 bits per heavy atom. The second-order valence-corrected chi connectivity index (χ2v) is 6.29. The molecular weight excluding hydrogens is 407 g/mol. The molecule has 2 aliphatic rings. The molecule has 3 N–H and O–H groups in total. The summed E-state index contributed by atoms with van der Waals surface area (Å²) >= 11 is 0. The van der Waals surface area contributed by atoms with Gasteiger partial charge in [0.25, 0.3) is 0 Å². The van der Waals surface area contributed by atoms with Crippen molar-refractivity contribution in [3.8, 4) is 0 Å². The molecule has 3 unspecified atom stereocenters. The SMILES string of the molecule is CN=C(NCC1CCCC1O)NC1CCCn2nc(C)nc21.I. The Hall–Kier alpha value is -0.900. The summed E-state index contributed by atoms with van der Waals surface area (Å²) in [7, 11) is 1.78. The number of aryl methyl sites for hydroxylation is 2. The Balaban J connectivity index is 0.00000192. The molecular formula is C15H27IN6O. The van der Waals surface area contributed by atoms with E-state index >= 15 is 0 Å². The maximum Gasteiger partial charge on any atom is 0.191 e. The first kappa shape index (κ1) is 18.4. The standard InChI is InChI=1S/C15H26N6O.HI/c1-10-18-14-12(6-4-8-21(14)20-10)19-15(16-2)17-9-11-5-3-7-13(11)22;/h11-13,22H,3-9H2,1-2H3,(H2,16,17,19);1H. The van der Waals surface area contributed by atoms with E-state index < -0.39 is 0 Å². The van der Waals surface area contributed by atoms with Gasteiger partial charge in [0.15, 0.2) is 5.96 Å². The molecule has 0 saturated heterocycles. The fourth-order valence-electron chi connectivity index (χ4n) is 3.45. The number of guanidine groups is 1. The van der Waals surface area contributed by atoms with Crippen molar-refractivity contribution >= 4 is 29.9 Å². The molecule has 1 aliphatic carbocycles. The smallest absolute Gasteiger partial charge is 0.191 e. The highest BCUT2D eigenvalue weighted by Crippen LogP contribution is 2.25. The number of nitrogens with zero attached hydrogens (tertiary/aromatic N) is 4. The minimum atomic E-state index is -0.175. The summed E-state index contributed by atoms with van der Waals surface area (Å²) < 4.78 is 1.99. The van der Waals surface area contributed by atoms with Crippen LogP contribution in [-0.2, 0) is 6.54 Å². The number of aliphatic imine (C=N–C) groups is 1. The van der Waals surface area contributed by atoms with Gasteiger partial charge < -0.3 is 15.7 Å². The highest BCUT2D eigenvalue weighted by atomic mass is 127. The van der Waals surface area contributed by atoms with Crippen molar-refractivity contribution in [1.82, 2.24) is 25.4 Å². The van der Waals surface area contributed by atoms with Crippen molar-refractivity contribution in [1.29, 1.82) is 0 Å². The Morgan fingerprint density at radius 1 is 1.35 bits per heavy atom. The molecule has 0 amide bonds. The lowest BCUT2D eigenvalue weighted by Crippen LogP contribution is -2.44. The van der Waals surface area contributed by atoms with Gasteiger partial charge in [0.1, 0.15) is 11.6 Å². The molecule has 1 saturated carbocycles. The van der Waals surface area contributed by atoms with Crippen LogP contribution in [0.2, 0.25) is 0 Å². The van der Waals surface area contributed by atoms with Crippen LogP contribution in [0.25, 0.3) is 0 Å². The van der Waals surface area contributed by atoms with E-state index in [1.54, 1.807) is 7.05 Å². The van der Waals surface area contributed by atoms with E-state index in [1.807, 2.05) is 11.6 Å². The number of fused-ring (bicyclic) bond motifs is 1. The minimum Gasteiger partial charge on any atom is -0.393 e. The van der Waals surface area contributed by atoms with Gasteiger partial charge in [0.05, 0.1) is 12.1 Å². The number of aromatic nitrogens is 3. The first-order valence-electron chi connectivity index (χ1n) is 8.24. The topological polar surface area (TPSA) is 87.4 Å². The molecule has 0 radical (unpaired) electrons. The molecule has 0 bridgehead atoms. The lowest BCUT2D eigenvalue weighted by molar-refractivity contribution is 0.134. The molecule has 8 heteroatoms. The Bertz CT molecular complexity index is 546. The van der Waals surface area contributed by atoms with Gasteiger partial charge in [0.2, 0.25) is 0 Å². The molecule has 1 aromatic rings. The molecule has 3 atom stereocenters. The third-order valence-corrected chi connectivity index (χ3v) is 4.67. The van der Waals surface area contributed by atoms with E-state index in [-0.39, 0.29) is 36.1 Å². The van der Waals surface area contributed by atoms with Gasteiger partial charge >= 0.3 is 0 Å². The summed E-state index contributed by atoms with van der Waals surface area (Å²) in [5, 5.41) is 21.1. The van der Waals surface area contributed by atoms with Crippen LogP contribution in [0.1, 0.15) is 49.8 Å². The number of aliphatic hydroxyl groups is 1. The zero-order chi connectivity index (χ0) is 15.5. The van der Waals surface area contributed by atoms with Crippen LogP contribution in [0.3, 0.4) is 0 Å². The number of aliphatic hydroxyl groups excluding tert-OH is 1. The Labute approximate surface area is 154 Å². The summed E-state index contributed by atoms with van der Waals surface area (Å²) in [6.45, 7) is 3.63. The van der Waals surface area contributed by atoms with Crippen molar-refractivity contribution in [3.63, 3.8) is 0 Å². The summed E-state index contributed by atoms with van der Waals surface area (Å²) in [6.07, 6.45) is 5.07. The van der Waals surface area contributed by atoms with Gasteiger partial charge in [-0.05, 0) is 32.6 Å². The quantitative estimate of drug-likeness (QED) is 0.380. The molecule has 2 heterocycles. The van der Waals surface area contributed by atoms with Gasteiger partial charge in [-0.3, -0.25) is 4.99 Å². The molecule has 0 spiro atoms. The monoisotopic (exact) mass is 434 g/mol. The van der Waals surface area contributed by atoms with Crippen LogP contribution in [0.15, 0.2) is 4.99 Å². The summed E-state index contributed by atoms with van der Waals surface area (Å²) in [4.78, 5) is 8.84. The van der Waals surface area contributed by atoms with Crippen molar-refractivity contribution < 1.29 is 5.11 Å².